The Kier molecular flexibility index (Phi) is 11.9. The van der Waals surface area contributed by atoms with Crippen LogP contribution < -0.4 is 24.3 Å². The summed E-state index contributed by atoms with van der Waals surface area (Å²) in [6.07, 6.45) is 1.58. The van der Waals surface area contributed by atoms with Gasteiger partial charge in [0, 0.05) is 56.8 Å². The Morgan fingerprint density at radius 2 is 1.60 bits per heavy atom. The lowest BCUT2D eigenvalue weighted by Crippen LogP contribution is -2.54. The lowest BCUT2D eigenvalue weighted by molar-refractivity contribution is 0.0508. The van der Waals surface area contributed by atoms with Crippen LogP contribution in [0.5, 0.6) is 23.0 Å². The Morgan fingerprint density at radius 1 is 0.857 bits per heavy atom. The van der Waals surface area contributed by atoms with Crippen LogP contribution in [0.25, 0.3) is 0 Å². The van der Waals surface area contributed by atoms with E-state index in [9.17, 15) is 4.79 Å². The third kappa shape index (κ3) is 8.63. The number of nitrogens with one attached hydrogen (secondary N) is 1. The van der Waals surface area contributed by atoms with Crippen molar-refractivity contribution in [2.24, 2.45) is 5.92 Å². The number of rotatable bonds is 15. The minimum atomic E-state index is -0.0255. The molecule has 0 radical (unpaired) electrons. The van der Waals surface area contributed by atoms with Crippen molar-refractivity contribution < 1.29 is 28.5 Å². The Morgan fingerprint density at radius 3 is 2.31 bits per heavy atom. The molecular formula is C34H44N2O6. The van der Waals surface area contributed by atoms with Gasteiger partial charge in [-0.3, -0.25) is 4.79 Å². The topological polar surface area (TPSA) is 78.5 Å². The largest absolute Gasteiger partial charge is 0.493 e. The molecule has 4 rings (SSSR count). The highest BCUT2D eigenvalue weighted by Crippen LogP contribution is 2.31. The third-order valence-electron chi connectivity index (χ3n) is 7.32. The van der Waals surface area contributed by atoms with Gasteiger partial charge < -0.3 is 33.9 Å². The van der Waals surface area contributed by atoms with Crippen LogP contribution in [-0.2, 0) is 11.3 Å². The minimum absolute atomic E-state index is 0.0178. The molecule has 1 heterocycles. The molecular weight excluding hydrogens is 532 g/mol. The van der Waals surface area contributed by atoms with E-state index < -0.39 is 0 Å². The van der Waals surface area contributed by atoms with Gasteiger partial charge in [-0.25, -0.2) is 0 Å². The second-order valence-corrected chi connectivity index (χ2v) is 10.8. The van der Waals surface area contributed by atoms with Crippen molar-refractivity contribution in [2.75, 3.05) is 47.1 Å². The van der Waals surface area contributed by atoms with Crippen molar-refractivity contribution in [2.45, 2.75) is 45.4 Å². The van der Waals surface area contributed by atoms with Crippen LogP contribution in [0.15, 0.2) is 72.8 Å². The average Bonchev–Trinajstić information content (AvgIpc) is 3.02. The quantitative estimate of drug-likeness (QED) is 0.236. The van der Waals surface area contributed by atoms with Crippen LogP contribution >= 0.6 is 0 Å². The maximum absolute atomic E-state index is 13.9. The first-order valence-electron chi connectivity index (χ1n) is 14.7. The van der Waals surface area contributed by atoms with Crippen molar-refractivity contribution in [1.29, 1.82) is 0 Å². The van der Waals surface area contributed by atoms with Crippen molar-refractivity contribution in [3.63, 3.8) is 0 Å². The molecule has 2 atom stereocenters. The first-order chi connectivity index (χ1) is 20.5. The van der Waals surface area contributed by atoms with E-state index in [1.807, 2.05) is 65.6 Å². The van der Waals surface area contributed by atoms with Gasteiger partial charge in [0.2, 0.25) is 0 Å². The summed E-state index contributed by atoms with van der Waals surface area (Å²) in [6.45, 7) is 7.76. The molecule has 1 aliphatic rings. The fourth-order valence-corrected chi connectivity index (χ4v) is 5.25. The average molecular weight is 577 g/mol. The Bertz CT molecular complexity index is 1250. The predicted octanol–water partition coefficient (Wildman–Crippen LogP) is 5.60. The van der Waals surface area contributed by atoms with Crippen molar-refractivity contribution >= 4 is 5.91 Å². The summed E-state index contributed by atoms with van der Waals surface area (Å²) in [5, 5.41) is 3.53. The molecule has 1 fully saturated rings. The van der Waals surface area contributed by atoms with Crippen LogP contribution in [0.4, 0.5) is 0 Å². The van der Waals surface area contributed by atoms with E-state index in [0.717, 1.165) is 43.0 Å². The molecule has 0 saturated carbocycles. The number of ether oxygens (including phenoxy) is 5. The van der Waals surface area contributed by atoms with Crippen LogP contribution in [0.1, 0.15) is 42.6 Å². The minimum Gasteiger partial charge on any atom is -0.493 e. The zero-order valence-electron chi connectivity index (χ0n) is 25.2. The van der Waals surface area contributed by atoms with Crippen molar-refractivity contribution in [1.82, 2.24) is 10.2 Å². The van der Waals surface area contributed by atoms with Gasteiger partial charge in [0.1, 0.15) is 6.61 Å². The maximum atomic E-state index is 13.9. The highest BCUT2D eigenvalue weighted by molar-refractivity contribution is 5.95. The van der Waals surface area contributed by atoms with Gasteiger partial charge in [0.15, 0.2) is 23.0 Å². The van der Waals surface area contributed by atoms with Crippen LogP contribution in [-0.4, -0.2) is 70.0 Å². The number of carbonyl (C=O) groups excluding carboxylic acids is 1. The zero-order valence-corrected chi connectivity index (χ0v) is 25.2. The fourth-order valence-electron chi connectivity index (χ4n) is 5.25. The van der Waals surface area contributed by atoms with E-state index in [2.05, 4.69) is 19.2 Å². The molecule has 1 saturated heterocycles. The van der Waals surface area contributed by atoms with E-state index in [1.54, 1.807) is 26.4 Å². The highest BCUT2D eigenvalue weighted by atomic mass is 16.5. The second kappa shape index (κ2) is 16.0. The molecule has 3 aromatic rings. The maximum Gasteiger partial charge on any atom is 0.254 e. The van der Waals surface area contributed by atoms with Gasteiger partial charge >= 0.3 is 0 Å². The van der Waals surface area contributed by atoms with Gasteiger partial charge in [0.25, 0.3) is 5.91 Å². The molecule has 8 nitrogen and oxygen atoms in total. The molecule has 226 valence electrons. The Balaban J connectivity index is 1.39. The Labute approximate surface area is 249 Å². The van der Waals surface area contributed by atoms with E-state index in [4.69, 9.17) is 23.7 Å². The molecule has 1 N–H and O–H groups in total. The lowest BCUT2D eigenvalue weighted by Gasteiger charge is -2.40. The summed E-state index contributed by atoms with van der Waals surface area (Å²) in [4.78, 5) is 15.8. The molecule has 1 aliphatic heterocycles. The fraction of sp³-hybridized carbons (Fsp3) is 0.441. The Hall–Kier alpha value is -3.75. The first-order valence-corrected chi connectivity index (χ1v) is 14.7. The summed E-state index contributed by atoms with van der Waals surface area (Å²) < 4.78 is 28.9. The molecule has 1 amide bonds. The number of methoxy groups -OCH3 is 2. The summed E-state index contributed by atoms with van der Waals surface area (Å²) >= 11 is 0. The molecule has 0 aromatic heterocycles. The van der Waals surface area contributed by atoms with E-state index >= 15 is 0 Å². The normalized spacial score (nSPS) is 16.6. The summed E-state index contributed by atoms with van der Waals surface area (Å²) in [7, 11) is 3.26. The standard InChI is InChI=1S/C34H44N2O6/c1-25(2)36(34(37)28-15-16-30(39-4)33(20-28)40-18-10-17-38-3)29-19-27(21-35-22-29)24-42-32-14-9-8-13-31(32)41-23-26-11-6-5-7-12-26/h5-9,11-16,20,25,27,29,35H,10,17-19,21-24H2,1-4H3/t27-,29?/m0/s1. The molecule has 8 heteroatoms. The molecule has 42 heavy (non-hydrogen) atoms. The monoisotopic (exact) mass is 576 g/mol. The summed E-state index contributed by atoms with van der Waals surface area (Å²) in [5.74, 6) is 2.82. The number of para-hydroxylation sites is 2. The van der Waals surface area contributed by atoms with Gasteiger partial charge in [-0.2, -0.15) is 0 Å². The second-order valence-electron chi connectivity index (χ2n) is 10.8. The zero-order chi connectivity index (χ0) is 29.7. The number of piperidine rings is 1. The summed E-state index contributed by atoms with van der Waals surface area (Å²) in [6, 6.07) is 23.3. The number of nitrogens with zero attached hydrogens (tertiary/aromatic N) is 1. The van der Waals surface area contributed by atoms with Gasteiger partial charge in [-0.05, 0) is 56.2 Å². The number of hydrogen-bond donors (Lipinski definition) is 1. The predicted molar refractivity (Wildman–Crippen MR) is 164 cm³/mol. The van der Waals surface area contributed by atoms with Crippen molar-refractivity contribution in [3.8, 4) is 23.0 Å². The van der Waals surface area contributed by atoms with Crippen LogP contribution in [0.2, 0.25) is 0 Å². The first kappa shape index (κ1) is 31.2. The van der Waals surface area contributed by atoms with Gasteiger partial charge in [-0.1, -0.05) is 42.5 Å². The van der Waals surface area contributed by atoms with E-state index in [-0.39, 0.29) is 23.9 Å². The SMILES string of the molecule is COCCCOc1cc(C(=O)N(C(C)C)C2CNC[C@@H](COc3ccccc3OCc3ccccc3)C2)ccc1OC. The molecule has 0 bridgehead atoms. The third-order valence-corrected chi connectivity index (χ3v) is 7.32. The summed E-state index contributed by atoms with van der Waals surface area (Å²) in [5.41, 5.74) is 1.68. The van der Waals surface area contributed by atoms with Gasteiger partial charge in [-0.15, -0.1) is 0 Å². The van der Waals surface area contributed by atoms with Crippen LogP contribution in [0.3, 0.4) is 0 Å². The number of amides is 1. The number of hydrogen-bond acceptors (Lipinski definition) is 7. The molecule has 1 unspecified atom stereocenters. The lowest BCUT2D eigenvalue weighted by atomic mass is 9.94. The number of benzene rings is 3. The van der Waals surface area contributed by atoms with E-state index in [0.29, 0.717) is 43.5 Å². The number of carbonyl (C=O) groups is 1. The molecule has 0 spiro atoms. The highest BCUT2D eigenvalue weighted by Gasteiger charge is 2.32. The van der Waals surface area contributed by atoms with E-state index in [1.165, 1.54) is 0 Å². The molecule has 3 aromatic carbocycles. The molecule has 0 aliphatic carbocycles. The van der Waals surface area contributed by atoms with Crippen molar-refractivity contribution in [3.05, 3.63) is 83.9 Å². The smallest absolute Gasteiger partial charge is 0.254 e. The van der Waals surface area contributed by atoms with Gasteiger partial charge in [0.05, 0.1) is 20.3 Å². The van der Waals surface area contributed by atoms with Crippen LogP contribution in [0, 0.1) is 5.92 Å².